The Balaban J connectivity index is 1.64. The van der Waals surface area contributed by atoms with Gasteiger partial charge in [0.2, 0.25) is 0 Å². The fourth-order valence-electron chi connectivity index (χ4n) is 3.71. The first kappa shape index (κ1) is 21.2. The second-order valence-electron chi connectivity index (χ2n) is 7.70. The van der Waals surface area contributed by atoms with Crippen molar-refractivity contribution in [2.45, 2.75) is 32.4 Å². The number of nitrogens with zero attached hydrogens (tertiary/aromatic N) is 4. The zero-order valence-corrected chi connectivity index (χ0v) is 17.3. The maximum absolute atomic E-state index is 13.6. The standard InChI is InChI=1S/C23H19F2N5O2/c1-14-13-29-20(22(32)30(14)18-8-6-16(7-9-18)23(2,24)25)19(12-27-29)21(31)28-17-5-3-4-15(10-17)11-26/h3-10,12,14H,13H2,1-2H3,(H,28,31)/t14-/m0/s1. The van der Waals surface area contributed by atoms with Crippen LogP contribution in [0.5, 0.6) is 0 Å². The van der Waals surface area contributed by atoms with Crippen molar-refractivity contribution >= 4 is 23.2 Å². The van der Waals surface area contributed by atoms with Gasteiger partial charge in [-0.1, -0.05) is 18.2 Å². The average Bonchev–Trinajstić information content (AvgIpc) is 3.18. The summed E-state index contributed by atoms with van der Waals surface area (Å²) in [6.07, 6.45) is 1.33. The van der Waals surface area contributed by atoms with Crippen molar-refractivity contribution in [3.05, 3.63) is 77.1 Å². The van der Waals surface area contributed by atoms with Crippen LogP contribution in [-0.4, -0.2) is 27.6 Å². The molecule has 0 aliphatic carbocycles. The number of carbonyl (C=O) groups is 2. The number of aromatic nitrogens is 2. The maximum atomic E-state index is 13.6. The molecular weight excluding hydrogens is 416 g/mol. The lowest BCUT2D eigenvalue weighted by Crippen LogP contribution is -2.47. The van der Waals surface area contributed by atoms with Crippen LogP contribution in [0.15, 0.2) is 54.7 Å². The van der Waals surface area contributed by atoms with Crippen LogP contribution in [0.25, 0.3) is 0 Å². The van der Waals surface area contributed by atoms with E-state index in [4.69, 9.17) is 5.26 Å². The minimum absolute atomic E-state index is 0.0889. The quantitative estimate of drug-likeness (QED) is 0.666. The molecule has 4 rings (SSSR count). The van der Waals surface area contributed by atoms with Gasteiger partial charge in [0.25, 0.3) is 17.7 Å². The first-order chi connectivity index (χ1) is 15.2. The van der Waals surface area contributed by atoms with Crippen LogP contribution in [0.2, 0.25) is 0 Å². The Labute approximate surface area is 182 Å². The Morgan fingerprint density at radius 2 is 1.97 bits per heavy atom. The van der Waals surface area contributed by atoms with E-state index in [1.165, 1.54) is 46.1 Å². The Morgan fingerprint density at radius 3 is 2.62 bits per heavy atom. The summed E-state index contributed by atoms with van der Waals surface area (Å²) in [4.78, 5) is 27.7. The molecule has 1 aliphatic heterocycles. The summed E-state index contributed by atoms with van der Waals surface area (Å²) in [6, 6.07) is 13.6. The van der Waals surface area contributed by atoms with E-state index >= 15 is 0 Å². The molecule has 1 aromatic heterocycles. The number of rotatable bonds is 4. The number of fused-ring (bicyclic) bond motifs is 1. The Bertz CT molecular complexity index is 1240. The largest absolute Gasteiger partial charge is 0.322 e. The van der Waals surface area contributed by atoms with E-state index in [1.54, 1.807) is 18.2 Å². The van der Waals surface area contributed by atoms with Crippen molar-refractivity contribution in [1.29, 1.82) is 5.26 Å². The first-order valence-corrected chi connectivity index (χ1v) is 9.88. The third-order valence-corrected chi connectivity index (χ3v) is 5.29. The number of anilines is 2. The molecule has 1 atom stereocenters. The number of amides is 2. The highest BCUT2D eigenvalue weighted by atomic mass is 19.3. The molecular formula is C23H19F2N5O2. The highest BCUT2D eigenvalue weighted by Gasteiger charge is 2.36. The highest BCUT2D eigenvalue weighted by molar-refractivity contribution is 6.15. The SMILES string of the molecule is C[C@H]1Cn2ncc(C(=O)Nc3cccc(C#N)c3)c2C(=O)N1c1ccc(C(C)(F)F)cc1. The number of hydrogen-bond donors (Lipinski definition) is 1. The van der Waals surface area contributed by atoms with Crippen molar-refractivity contribution in [3.63, 3.8) is 0 Å². The van der Waals surface area contributed by atoms with E-state index in [9.17, 15) is 18.4 Å². The second-order valence-corrected chi connectivity index (χ2v) is 7.70. The van der Waals surface area contributed by atoms with E-state index in [0.717, 1.165) is 6.92 Å². The minimum Gasteiger partial charge on any atom is -0.322 e. The third-order valence-electron chi connectivity index (χ3n) is 5.29. The van der Waals surface area contributed by atoms with Crippen LogP contribution < -0.4 is 10.2 Å². The topological polar surface area (TPSA) is 91.0 Å². The molecule has 9 heteroatoms. The van der Waals surface area contributed by atoms with Crippen molar-refractivity contribution in [3.8, 4) is 6.07 Å². The summed E-state index contributed by atoms with van der Waals surface area (Å²) in [5.41, 5.74) is 1.31. The number of halogens is 2. The molecule has 7 nitrogen and oxygen atoms in total. The molecule has 0 spiro atoms. The van der Waals surface area contributed by atoms with Gasteiger partial charge in [-0.3, -0.25) is 14.3 Å². The molecule has 2 heterocycles. The summed E-state index contributed by atoms with van der Waals surface area (Å²) in [6.45, 7) is 2.97. The van der Waals surface area contributed by atoms with E-state index in [0.29, 0.717) is 23.5 Å². The maximum Gasteiger partial charge on any atom is 0.277 e. The average molecular weight is 435 g/mol. The van der Waals surface area contributed by atoms with Crippen LogP contribution in [0, 0.1) is 11.3 Å². The summed E-state index contributed by atoms with van der Waals surface area (Å²) >= 11 is 0. The third kappa shape index (κ3) is 3.83. The Hall–Kier alpha value is -4.06. The molecule has 0 radical (unpaired) electrons. The van der Waals surface area contributed by atoms with Crippen molar-refractivity contribution in [1.82, 2.24) is 9.78 Å². The van der Waals surface area contributed by atoms with Crippen LogP contribution in [0.1, 0.15) is 45.8 Å². The van der Waals surface area contributed by atoms with Gasteiger partial charge >= 0.3 is 0 Å². The molecule has 3 aromatic rings. The van der Waals surface area contributed by atoms with E-state index < -0.39 is 17.7 Å². The molecule has 32 heavy (non-hydrogen) atoms. The van der Waals surface area contributed by atoms with E-state index in [1.807, 2.05) is 13.0 Å². The number of hydrogen-bond acceptors (Lipinski definition) is 4. The van der Waals surface area contributed by atoms with Gasteiger partial charge in [0.05, 0.1) is 36.0 Å². The lowest BCUT2D eigenvalue weighted by molar-refractivity contribution is 0.0175. The summed E-state index contributed by atoms with van der Waals surface area (Å²) in [5.74, 6) is -3.97. The van der Waals surface area contributed by atoms with Gasteiger partial charge in [-0.2, -0.15) is 10.4 Å². The van der Waals surface area contributed by atoms with Gasteiger partial charge in [0, 0.05) is 23.9 Å². The van der Waals surface area contributed by atoms with Gasteiger partial charge in [-0.15, -0.1) is 0 Å². The molecule has 2 amide bonds. The van der Waals surface area contributed by atoms with Gasteiger partial charge in [-0.05, 0) is 37.3 Å². The molecule has 0 fully saturated rings. The number of nitriles is 1. The fraction of sp³-hybridized carbons (Fsp3) is 0.217. The van der Waals surface area contributed by atoms with Crippen LogP contribution >= 0.6 is 0 Å². The van der Waals surface area contributed by atoms with Crippen molar-refractivity contribution in [2.24, 2.45) is 0 Å². The van der Waals surface area contributed by atoms with E-state index in [2.05, 4.69) is 10.4 Å². The molecule has 0 saturated carbocycles. The number of alkyl halides is 2. The second kappa shape index (κ2) is 7.89. The molecule has 0 saturated heterocycles. The van der Waals surface area contributed by atoms with E-state index in [-0.39, 0.29) is 22.9 Å². The zero-order valence-electron chi connectivity index (χ0n) is 17.3. The summed E-state index contributed by atoms with van der Waals surface area (Å²) in [7, 11) is 0. The highest BCUT2D eigenvalue weighted by Crippen LogP contribution is 2.31. The predicted molar refractivity (Wildman–Crippen MR) is 114 cm³/mol. The van der Waals surface area contributed by atoms with Crippen LogP contribution in [0.3, 0.4) is 0 Å². The molecule has 162 valence electrons. The number of benzene rings is 2. The van der Waals surface area contributed by atoms with Crippen molar-refractivity contribution < 1.29 is 18.4 Å². The molecule has 1 aliphatic rings. The number of nitrogens with one attached hydrogen (secondary N) is 1. The zero-order chi connectivity index (χ0) is 23.0. The predicted octanol–water partition coefficient (Wildman–Crippen LogP) is 4.17. The van der Waals surface area contributed by atoms with Gasteiger partial charge in [0.15, 0.2) is 0 Å². The van der Waals surface area contributed by atoms with Gasteiger partial charge < -0.3 is 10.2 Å². The molecule has 1 N–H and O–H groups in total. The monoisotopic (exact) mass is 435 g/mol. The van der Waals surface area contributed by atoms with Crippen LogP contribution in [0.4, 0.5) is 20.2 Å². The first-order valence-electron chi connectivity index (χ1n) is 9.88. The summed E-state index contributed by atoms with van der Waals surface area (Å²) < 4.78 is 28.6. The summed E-state index contributed by atoms with van der Waals surface area (Å²) in [5, 5.41) is 15.9. The fourth-order valence-corrected chi connectivity index (χ4v) is 3.71. The smallest absolute Gasteiger partial charge is 0.277 e. The van der Waals surface area contributed by atoms with Crippen LogP contribution in [-0.2, 0) is 12.5 Å². The minimum atomic E-state index is -2.98. The number of carbonyl (C=O) groups excluding carboxylic acids is 2. The van der Waals surface area contributed by atoms with Gasteiger partial charge in [0.1, 0.15) is 5.69 Å². The Kier molecular flexibility index (Phi) is 5.22. The van der Waals surface area contributed by atoms with Crippen molar-refractivity contribution in [2.75, 3.05) is 10.2 Å². The molecule has 0 bridgehead atoms. The normalized spacial score (nSPS) is 15.8. The lowest BCUT2D eigenvalue weighted by Gasteiger charge is -2.34. The molecule has 2 aromatic carbocycles. The van der Waals surface area contributed by atoms with Gasteiger partial charge in [-0.25, -0.2) is 8.78 Å². The molecule has 0 unspecified atom stereocenters. The lowest BCUT2D eigenvalue weighted by atomic mass is 10.1. The Morgan fingerprint density at radius 1 is 1.25 bits per heavy atom.